The van der Waals surface area contributed by atoms with Gasteiger partial charge in [0.2, 0.25) is 0 Å². The van der Waals surface area contributed by atoms with E-state index in [2.05, 4.69) is 58.4 Å². The van der Waals surface area contributed by atoms with E-state index in [1.807, 2.05) is 18.2 Å². The lowest BCUT2D eigenvalue weighted by molar-refractivity contribution is 1.58. The number of hydrogen-bond acceptors (Lipinski definition) is 1. The molecule has 106 valence electrons. The normalized spacial score (nSPS) is 12.2. The third-order valence-electron chi connectivity index (χ3n) is 3.92. The minimum absolute atomic E-state index is 0.718. The predicted molar refractivity (Wildman–Crippen MR) is 101 cm³/mol. The first kappa shape index (κ1) is 14.1. The summed E-state index contributed by atoms with van der Waals surface area (Å²) in [6, 6.07) is 20.6. The van der Waals surface area contributed by atoms with Crippen LogP contribution in [-0.2, 0) is 0 Å². The Labute approximate surface area is 147 Å². The summed E-state index contributed by atoms with van der Waals surface area (Å²) in [5.74, 6) is 0. The van der Waals surface area contributed by atoms with E-state index >= 15 is 0 Å². The van der Waals surface area contributed by atoms with E-state index in [0.29, 0.717) is 0 Å². The Kier molecular flexibility index (Phi) is 3.41. The van der Waals surface area contributed by atoms with Crippen LogP contribution in [0.3, 0.4) is 0 Å². The van der Waals surface area contributed by atoms with Crippen LogP contribution in [0.5, 0.6) is 0 Å². The van der Waals surface area contributed by atoms with Gasteiger partial charge >= 0.3 is 0 Å². The standard InChI is InChI=1S/C19H10BrClS/c20-12-8-11(9-13(21)10-12)14-6-3-7-17-18(14)15-4-1-2-5-16(15)19(17)22/h1-10H. The van der Waals surface area contributed by atoms with Crippen molar-refractivity contribution >= 4 is 44.6 Å². The molecule has 22 heavy (non-hydrogen) atoms. The summed E-state index contributed by atoms with van der Waals surface area (Å²) < 4.78 is 0.974. The number of rotatable bonds is 1. The summed E-state index contributed by atoms with van der Waals surface area (Å²) in [7, 11) is 0. The highest BCUT2D eigenvalue weighted by Gasteiger charge is 2.25. The molecule has 0 unspecified atom stereocenters. The van der Waals surface area contributed by atoms with Gasteiger partial charge in [-0.1, -0.05) is 82.2 Å². The Balaban J connectivity index is 2.05. The molecule has 0 saturated heterocycles. The van der Waals surface area contributed by atoms with Gasteiger partial charge in [-0.05, 0) is 40.5 Å². The molecule has 3 aromatic carbocycles. The molecule has 0 fully saturated rings. The van der Waals surface area contributed by atoms with Gasteiger partial charge in [-0.2, -0.15) is 0 Å². The molecule has 1 aliphatic carbocycles. The molecule has 0 amide bonds. The van der Waals surface area contributed by atoms with Crippen LogP contribution < -0.4 is 0 Å². The van der Waals surface area contributed by atoms with Gasteiger partial charge < -0.3 is 0 Å². The fourth-order valence-electron chi connectivity index (χ4n) is 3.03. The molecule has 0 heterocycles. The van der Waals surface area contributed by atoms with Crippen molar-refractivity contribution in [3.63, 3.8) is 0 Å². The quantitative estimate of drug-likeness (QED) is 0.336. The Morgan fingerprint density at radius 2 is 1.45 bits per heavy atom. The van der Waals surface area contributed by atoms with Crippen molar-refractivity contribution in [1.29, 1.82) is 0 Å². The smallest absolute Gasteiger partial charge is 0.0534 e. The lowest BCUT2D eigenvalue weighted by Crippen LogP contribution is -1.92. The average Bonchev–Trinajstić information content (AvgIpc) is 2.80. The van der Waals surface area contributed by atoms with E-state index in [1.54, 1.807) is 0 Å². The van der Waals surface area contributed by atoms with Crippen LogP contribution in [0.2, 0.25) is 5.02 Å². The monoisotopic (exact) mass is 384 g/mol. The highest BCUT2D eigenvalue weighted by molar-refractivity contribution is 9.10. The third-order valence-corrected chi connectivity index (χ3v) is 5.04. The molecule has 0 radical (unpaired) electrons. The fraction of sp³-hybridized carbons (Fsp3) is 0. The fourth-order valence-corrected chi connectivity index (χ4v) is 4.23. The van der Waals surface area contributed by atoms with Crippen molar-refractivity contribution in [2.45, 2.75) is 0 Å². The molecule has 3 heteroatoms. The number of thiocarbonyl (C=S) groups is 1. The summed E-state index contributed by atoms with van der Waals surface area (Å²) >= 11 is 15.4. The van der Waals surface area contributed by atoms with Gasteiger partial charge in [-0.25, -0.2) is 0 Å². The van der Waals surface area contributed by atoms with Crippen LogP contribution >= 0.6 is 39.7 Å². The summed E-state index contributed by atoms with van der Waals surface area (Å²) in [5.41, 5.74) is 6.93. The van der Waals surface area contributed by atoms with Gasteiger partial charge in [0.25, 0.3) is 0 Å². The summed E-state index contributed by atoms with van der Waals surface area (Å²) in [6.45, 7) is 0. The molecule has 0 saturated carbocycles. The minimum Gasteiger partial charge on any atom is -0.0843 e. The molecular formula is C19H10BrClS. The Hall–Kier alpha value is -1.48. The van der Waals surface area contributed by atoms with Crippen LogP contribution in [0, 0.1) is 0 Å². The molecule has 1 aliphatic rings. The van der Waals surface area contributed by atoms with Crippen molar-refractivity contribution in [1.82, 2.24) is 0 Å². The molecule has 0 aliphatic heterocycles. The van der Waals surface area contributed by atoms with E-state index in [1.165, 1.54) is 11.1 Å². The first-order valence-corrected chi connectivity index (χ1v) is 8.46. The number of fused-ring (bicyclic) bond motifs is 3. The van der Waals surface area contributed by atoms with Gasteiger partial charge in [0, 0.05) is 20.6 Å². The van der Waals surface area contributed by atoms with Crippen LogP contribution in [0.25, 0.3) is 22.3 Å². The second kappa shape index (κ2) is 5.31. The SMILES string of the molecule is S=C1c2ccccc2-c2c1cccc2-c1cc(Cl)cc(Br)c1. The van der Waals surface area contributed by atoms with Gasteiger partial charge in [-0.15, -0.1) is 0 Å². The summed E-state index contributed by atoms with van der Waals surface area (Å²) in [4.78, 5) is 0.925. The van der Waals surface area contributed by atoms with Crippen LogP contribution in [0.1, 0.15) is 11.1 Å². The minimum atomic E-state index is 0.718. The van der Waals surface area contributed by atoms with Gasteiger partial charge in [0.15, 0.2) is 0 Å². The topological polar surface area (TPSA) is 0 Å². The first-order valence-electron chi connectivity index (χ1n) is 6.89. The van der Waals surface area contributed by atoms with E-state index in [9.17, 15) is 0 Å². The summed E-state index contributed by atoms with van der Waals surface area (Å²) in [5, 5.41) is 0.718. The molecule has 0 bridgehead atoms. The highest BCUT2D eigenvalue weighted by atomic mass is 79.9. The lowest BCUT2D eigenvalue weighted by Gasteiger charge is -2.10. The number of hydrogen-bond donors (Lipinski definition) is 0. The van der Waals surface area contributed by atoms with Crippen molar-refractivity contribution in [3.05, 3.63) is 81.3 Å². The predicted octanol–water partition coefficient (Wildman–Crippen LogP) is 6.52. The average molecular weight is 386 g/mol. The zero-order valence-corrected chi connectivity index (χ0v) is 14.6. The van der Waals surface area contributed by atoms with Gasteiger partial charge in [-0.3, -0.25) is 0 Å². The zero-order chi connectivity index (χ0) is 15.3. The summed E-state index contributed by atoms with van der Waals surface area (Å²) in [6.07, 6.45) is 0. The van der Waals surface area contributed by atoms with Gasteiger partial charge in [0.05, 0.1) is 4.86 Å². The van der Waals surface area contributed by atoms with Crippen LogP contribution in [0.15, 0.2) is 65.1 Å². The van der Waals surface area contributed by atoms with Crippen molar-refractivity contribution < 1.29 is 0 Å². The molecule has 0 aromatic heterocycles. The van der Waals surface area contributed by atoms with E-state index in [-0.39, 0.29) is 0 Å². The second-order valence-electron chi connectivity index (χ2n) is 5.26. The molecule has 0 spiro atoms. The molecule has 3 aromatic rings. The molecule has 4 rings (SSSR count). The van der Waals surface area contributed by atoms with E-state index in [0.717, 1.165) is 36.6 Å². The molecular weight excluding hydrogens is 376 g/mol. The lowest BCUT2D eigenvalue weighted by atomic mass is 9.94. The Bertz CT molecular complexity index is 910. The second-order valence-corrected chi connectivity index (χ2v) is 7.02. The number of halogens is 2. The Morgan fingerprint density at radius 3 is 2.23 bits per heavy atom. The van der Waals surface area contributed by atoms with E-state index in [4.69, 9.17) is 23.8 Å². The van der Waals surface area contributed by atoms with Crippen LogP contribution in [0.4, 0.5) is 0 Å². The molecule has 0 nitrogen and oxygen atoms in total. The van der Waals surface area contributed by atoms with Crippen molar-refractivity contribution in [2.24, 2.45) is 0 Å². The maximum atomic E-state index is 6.22. The van der Waals surface area contributed by atoms with E-state index < -0.39 is 0 Å². The largest absolute Gasteiger partial charge is 0.0843 e. The number of benzene rings is 3. The maximum Gasteiger partial charge on any atom is 0.0534 e. The zero-order valence-electron chi connectivity index (χ0n) is 11.4. The highest BCUT2D eigenvalue weighted by Crippen LogP contribution is 2.43. The maximum absolute atomic E-state index is 6.22. The molecule has 0 atom stereocenters. The van der Waals surface area contributed by atoms with Crippen LogP contribution in [-0.4, -0.2) is 4.86 Å². The third kappa shape index (κ3) is 2.14. The van der Waals surface area contributed by atoms with Crippen molar-refractivity contribution in [3.8, 4) is 22.3 Å². The molecule has 0 N–H and O–H groups in total. The first-order chi connectivity index (χ1) is 10.6. The van der Waals surface area contributed by atoms with Gasteiger partial charge in [0.1, 0.15) is 0 Å². The van der Waals surface area contributed by atoms with Crippen molar-refractivity contribution in [2.75, 3.05) is 0 Å². The Morgan fingerprint density at radius 1 is 0.773 bits per heavy atom.